The van der Waals surface area contributed by atoms with Crippen LogP contribution >= 0.6 is 0 Å². The van der Waals surface area contributed by atoms with Crippen LogP contribution in [0.2, 0.25) is 0 Å². The SMILES string of the molecule is O=C(Nc1cc(F)cc(OC(F)F)c1)N1CCC(C2CCCNC2)CC1.O=C(O)C(F)(F)F. The van der Waals surface area contributed by atoms with Crippen LogP contribution in [0.4, 0.5) is 36.8 Å². The van der Waals surface area contributed by atoms with Crippen molar-refractivity contribution in [2.24, 2.45) is 11.8 Å². The summed E-state index contributed by atoms with van der Waals surface area (Å²) in [4.78, 5) is 23.0. The molecule has 0 spiro atoms. The first-order valence-corrected chi connectivity index (χ1v) is 10.3. The number of amides is 2. The molecule has 2 aliphatic rings. The van der Waals surface area contributed by atoms with Crippen molar-refractivity contribution < 1.29 is 45.8 Å². The number of carbonyl (C=O) groups excluding carboxylic acids is 1. The van der Waals surface area contributed by atoms with Crippen LogP contribution in [0, 0.1) is 17.7 Å². The molecule has 1 aromatic carbocycles. The van der Waals surface area contributed by atoms with Gasteiger partial charge in [0, 0.05) is 30.9 Å². The number of likely N-dealkylation sites (tertiary alicyclic amines) is 1. The molecule has 0 aliphatic carbocycles. The van der Waals surface area contributed by atoms with Crippen molar-refractivity contribution in [1.29, 1.82) is 0 Å². The van der Waals surface area contributed by atoms with Crippen LogP contribution in [-0.4, -0.2) is 61.0 Å². The number of piperidine rings is 2. The summed E-state index contributed by atoms with van der Waals surface area (Å²) in [6, 6.07) is 2.77. The Hall–Kier alpha value is -2.70. The third kappa shape index (κ3) is 8.98. The second-order valence-electron chi connectivity index (χ2n) is 7.72. The molecule has 0 radical (unpaired) electrons. The molecule has 13 heteroatoms. The molecule has 1 aromatic rings. The first kappa shape index (κ1) is 26.6. The molecule has 186 valence electrons. The van der Waals surface area contributed by atoms with E-state index < -0.39 is 24.6 Å². The number of hydrogen-bond acceptors (Lipinski definition) is 4. The number of anilines is 1. The smallest absolute Gasteiger partial charge is 0.475 e. The number of nitrogens with one attached hydrogen (secondary N) is 2. The number of benzene rings is 1. The highest BCUT2D eigenvalue weighted by molar-refractivity contribution is 5.89. The minimum absolute atomic E-state index is 0.101. The highest BCUT2D eigenvalue weighted by Gasteiger charge is 2.38. The molecule has 2 amide bonds. The summed E-state index contributed by atoms with van der Waals surface area (Å²) in [5.74, 6) is -2.54. The molecular weight excluding hydrogens is 460 g/mol. The molecule has 1 unspecified atom stereocenters. The van der Waals surface area contributed by atoms with Crippen molar-refractivity contribution in [1.82, 2.24) is 10.2 Å². The molecule has 2 aliphatic heterocycles. The zero-order valence-corrected chi connectivity index (χ0v) is 17.5. The number of ether oxygens (including phenoxy) is 1. The molecular formula is C20H25F6N3O4. The largest absolute Gasteiger partial charge is 0.490 e. The number of aliphatic carboxylic acids is 1. The number of urea groups is 1. The van der Waals surface area contributed by atoms with E-state index in [1.165, 1.54) is 18.9 Å². The maximum atomic E-state index is 13.5. The lowest BCUT2D eigenvalue weighted by Crippen LogP contribution is -2.44. The van der Waals surface area contributed by atoms with Crippen LogP contribution < -0.4 is 15.4 Å². The van der Waals surface area contributed by atoms with Gasteiger partial charge in [-0.1, -0.05) is 0 Å². The van der Waals surface area contributed by atoms with Gasteiger partial charge in [0.2, 0.25) is 0 Å². The molecule has 33 heavy (non-hydrogen) atoms. The fourth-order valence-electron chi connectivity index (χ4n) is 3.86. The Morgan fingerprint density at radius 2 is 1.76 bits per heavy atom. The van der Waals surface area contributed by atoms with Crippen molar-refractivity contribution >= 4 is 17.7 Å². The van der Waals surface area contributed by atoms with E-state index in [9.17, 15) is 31.1 Å². The van der Waals surface area contributed by atoms with E-state index in [4.69, 9.17) is 9.90 Å². The maximum absolute atomic E-state index is 13.5. The predicted molar refractivity (Wildman–Crippen MR) is 106 cm³/mol. The van der Waals surface area contributed by atoms with Crippen LogP contribution in [-0.2, 0) is 4.79 Å². The van der Waals surface area contributed by atoms with Crippen LogP contribution in [0.25, 0.3) is 0 Å². The molecule has 0 saturated carbocycles. The Morgan fingerprint density at radius 3 is 2.27 bits per heavy atom. The Balaban J connectivity index is 0.000000479. The summed E-state index contributed by atoms with van der Waals surface area (Å²) in [7, 11) is 0. The average Bonchev–Trinajstić information content (AvgIpc) is 2.73. The van der Waals surface area contributed by atoms with E-state index >= 15 is 0 Å². The number of alkyl halides is 5. The van der Waals surface area contributed by atoms with Gasteiger partial charge in [-0.3, -0.25) is 0 Å². The molecule has 2 fully saturated rings. The molecule has 7 nitrogen and oxygen atoms in total. The molecule has 0 bridgehead atoms. The van der Waals surface area contributed by atoms with Gasteiger partial charge >= 0.3 is 24.8 Å². The average molecular weight is 485 g/mol. The zero-order chi connectivity index (χ0) is 24.6. The highest BCUT2D eigenvalue weighted by atomic mass is 19.4. The summed E-state index contributed by atoms with van der Waals surface area (Å²) >= 11 is 0. The summed E-state index contributed by atoms with van der Waals surface area (Å²) in [5.41, 5.74) is 0.101. The van der Waals surface area contributed by atoms with Crippen molar-refractivity contribution in [3.05, 3.63) is 24.0 Å². The molecule has 1 atom stereocenters. The van der Waals surface area contributed by atoms with Gasteiger partial charge in [0.1, 0.15) is 11.6 Å². The topological polar surface area (TPSA) is 90.9 Å². The van der Waals surface area contributed by atoms with Crippen LogP contribution in [0.15, 0.2) is 18.2 Å². The third-order valence-corrected chi connectivity index (χ3v) is 5.42. The van der Waals surface area contributed by atoms with Crippen molar-refractivity contribution in [3.8, 4) is 5.75 Å². The van der Waals surface area contributed by atoms with E-state index in [1.54, 1.807) is 4.90 Å². The third-order valence-electron chi connectivity index (χ3n) is 5.42. The first-order chi connectivity index (χ1) is 15.5. The molecule has 3 N–H and O–H groups in total. The Morgan fingerprint density at radius 1 is 1.12 bits per heavy atom. The quantitative estimate of drug-likeness (QED) is 0.554. The number of carboxylic acid groups (broad SMARTS) is 1. The molecule has 2 heterocycles. The summed E-state index contributed by atoms with van der Waals surface area (Å²) in [5, 5.41) is 13.1. The van der Waals surface area contributed by atoms with Gasteiger partial charge in [-0.2, -0.15) is 22.0 Å². The highest BCUT2D eigenvalue weighted by Crippen LogP contribution is 2.30. The first-order valence-electron chi connectivity index (χ1n) is 10.3. The van der Waals surface area contributed by atoms with Crippen LogP contribution in [0.3, 0.4) is 0 Å². The van der Waals surface area contributed by atoms with Crippen molar-refractivity contribution in [3.63, 3.8) is 0 Å². The predicted octanol–water partition coefficient (Wildman–Crippen LogP) is 4.30. The molecule has 0 aromatic heterocycles. The second-order valence-corrected chi connectivity index (χ2v) is 7.72. The fraction of sp³-hybridized carbons (Fsp3) is 0.600. The van der Waals surface area contributed by atoms with Gasteiger partial charge < -0.3 is 25.4 Å². The standard InChI is InChI=1S/C18H24F3N3O2.C2HF3O2/c19-14-8-15(10-16(9-14)26-17(20)21)23-18(25)24-6-3-12(4-7-24)13-2-1-5-22-11-13;3-2(4,5)1(6)7/h8-10,12-13,17,22H,1-7,11H2,(H,23,25);(H,6,7). The van der Waals surface area contributed by atoms with Gasteiger partial charge in [-0.15, -0.1) is 0 Å². The second kappa shape index (κ2) is 12.0. The minimum atomic E-state index is -5.08. The van der Waals surface area contributed by atoms with Gasteiger partial charge in [0.25, 0.3) is 0 Å². The minimum Gasteiger partial charge on any atom is -0.475 e. The Bertz CT molecular complexity index is 794. The number of nitrogens with zero attached hydrogens (tertiary/aromatic N) is 1. The number of hydrogen-bond donors (Lipinski definition) is 3. The van der Waals surface area contributed by atoms with Gasteiger partial charge in [0.15, 0.2) is 0 Å². The van der Waals surface area contributed by atoms with E-state index in [0.29, 0.717) is 24.9 Å². The summed E-state index contributed by atoms with van der Waals surface area (Å²) in [6.07, 6.45) is -0.751. The Labute approximate surface area is 186 Å². The summed E-state index contributed by atoms with van der Waals surface area (Å²) < 4.78 is 74.0. The zero-order valence-electron chi connectivity index (χ0n) is 17.5. The summed E-state index contributed by atoms with van der Waals surface area (Å²) in [6.45, 7) is 0.370. The molecule has 2 saturated heterocycles. The van der Waals surface area contributed by atoms with E-state index in [-0.39, 0.29) is 17.5 Å². The number of carbonyl (C=O) groups is 2. The number of carboxylic acids is 1. The van der Waals surface area contributed by atoms with Gasteiger partial charge in [0.05, 0.1) is 0 Å². The number of halogens is 6. The van der Waals surface area contributed by atoms with Crippen molar-refractivity contribution in [2.45, 2.75) is 38.5 Å². The number of rotatable bonds is 4. The fourth-order valence-corrected chi connectivity index (χ4v) is 3.86. The van der Waals surface area contributed by atoms with Gasteiger partial charge in [-0.05, 0) is 56.7 Å². The van der Waals surface area contributed by atoms with Crippen LogP contribution in [0.5, 0.6) is 5.75 Å². The van der Waals surface area contributed by atoms with E-state index in [1.807, 2.05) is 0 Å². The van der Waals surface area contributed by atoms with E-state index in [2.05, 4.69) is 15.4 Å². The Kier molecular flexibility index (Phi) is 9.62. The van der Waals surface area contributed by atoms with Gasteiger partial charge in [-0.25, -0.2) is 14.0 Å². The van der Waals surface area contributed by atoms with Crippen molar-refractivity contribution in [2.75, 3.05) is 31.5 Å². The lowest BCUT2D eigenvalue weighted by atomic mass is 9.80. The monoisotopic (exact) mass is 485 g/mol. The lowest BCUT2D eigenvalue weighted by Gasteiger charge is -2.37. The maximum Gasteiger partial charge on any atom is 0.490 e. The lowest BCUT2D eigenvalue weighted by molar-refractivity contribution is -0.192. The van der Waals surface area contributed by atoms with E-state index in [0.717, 1.165) is 38.1 Å². The van der Waals surface area contributed by atoms with Crippen LogP contribution in [0.1, 0.15) is 25.7 Å². The molecule has 3 rings (SSSR count). The normalized spacial score (nSPS) is 19.5.